The van der Waals surface area contributed by atoms with E-state index in [9.17, 15) is 14.4 Å². The molecule has 0 bridgehead atoms. The molecule has 2 N–H and O–H groups in total. The molecule has 0 fully saturated rings. The van der Waals surface area contributed by atoms with Crippen LogP contribution in [0.15, 0.2) is 42.5 Å². The van der Waals surface area contributed by atoms with Gasteiger partial charge in [-0.05, 0) is 76.9 Å². The number of aryl methyl sites for hydroxylation is 1. The van der Waals surface area contributed by atoms with Crippen LogP contribution < -0.4 is 20.3 Å². The van der Waals surface area contributed by atoms with Crippen LogP contribution in [0.25, 0.3) is 0 Å². The van der Waals surface area contributed by atoms with E-state index in [2.05, 4.69) is 17.6 Å². The molecule has 32 heavy (non-hydrogen) atoms. The summed E-state index contributed by atoms with van der Waals surface area (Å²) in [6, 6.07) is 12.5. The molecule has 7 nitrogen and oxygen atoms in total. The SMILES string of the molecule is CCc1ccc(NC(=O)CN2C(=O)C(C)(C)Oc3ccc(C(=O)NC(C)(C)C)cc32)cc1. The topological polar surface area (TPSA) is 87.7 Å². The lowest BCUT2D eigenvalue weighted by Crippen LogP contribution is -2.54. The van der Waals surface area contributed by atoms with Crippen LogP contribution in [-0.4, -0.2) is 35.4 Å². The van der Waals surface area contributed by atoms with E-state index in [1.165, 1.54) is 10.5 Å². The van der Waals surface area contributed by atoms with Crippen molar-refractivity contribution in [2.24, 2.45) is 0 Å². The number of anilines is 2. The number of nitrogens with one attached hydrogen (secondary N) is 2. The van der Waals surface area contributed by atoms with Crippen LogP contribution in [-0.2, 0) is 16.0 Å². The summed E-state index contributed by atoms with van der Waals surface area (Å²) in [5.41, 5.74) is 1.07. The standard InChI is InChI=1S/C25H31N3O4/c1-7-16-8-11-18(12-9-16)26-21(29)15-28-19-14-17(22(30)27-24(2,3)4)10-13-20(19)32-25(5,6)23(28)31/h8-14H,7,15H2,1-6H3,(H,26,29)(H,27,30). The van der Waals surface area contributed by atoms with Gasteiger partial charge in [0.25, 0.3) is 11.8 Å². The molecule has 0 saturated heterocycles. The Morgan fingerprint density at radius 3 is 2.31 bits per heavy atom. The third kappa shape index (κ3) is 5.28. The number of carbonyl (C=O) groups excluding carboxylic acids is 3. The highest BCUT2D eigenvalue weighted by molar-refractivity contribution is 6.08. The number of rotatable bonds is 5. The van der Waals surface area contributed by atoms with Crippen molar-refractivity contribution in [3.05, 3.63) is 53.6 Å². The van der Waals surface area contributed by atoms with Gasteiger partial charge in [0.2, 0.25) is 5.91 Å². The first kappa shape index (κ1) is 23.3. The third-order valence-electron chi connectivity index (χ3n) is 5.07. The molecule has 3 rings (SSSR count). The van der Waals surface area contributed by atoms with Gasteiger partial charge in [-0.15, -0.1) is 0 Å². The monoisotopic (exact) mass is 437 g/mol. The normalized spacial score (nSPS) is 14.9. The average Bonchev–Trinajstić information content (AvgIpc) is 2.70. The second kappa shape index (κ2) is 8.65. The van der Waals surface area contributed by atoms with Gasteiger partial charge in [0.15, 0.2) is 5.60 Å². The molecule has 1 aliphatic heterocycles. The Hall–Kier alpha value is -3.35. The zero-order valence-electron chi connectivity index (χ0n) is 19.5. The molecule has 1 aliphatic rings. The summed E-state index contributed by atoms with van der Waals surface area (Å²) in [4.78, 5) is 39.9. The van der Waals surface area contributed by atoms with Crippen molar-refractivity contribution >= 4 is 29.1 Å². The summed E-state index contributed by atoms with van der Waals surface area (Å²) < 4.78 is 5.87. The smallest absolute Gasteiger partial charge is 0.271 e. The van der Waals surface area contributed by atoms with Crippen molar-refractivity contribution in [2.75, 3.05) is 16.8 Å². The molecule has 0 saturated carbocycles. The molecule has 0 aliphatic carbocycles. The minimum atomic E-state index is -1.13. The van der Waals surface area contributed by atoms with Gasteiger partial charge in [0.1, 0.15) is 12.3 Å². The Kier molecular flexibility index (Phi) is 6.30. The summed E-state index contributed by atoms with van der Waals surface area (Å²) in [5, 5.41) is 5.74. The van der Waals surface area contributed by atoms with Crippen molar-refractivity contribution < 1.29 is 19.1 Å². The van der Waals surface area contributed by atoms with E-state index in [1.807, 2.05) is 45.0 Å². The number of fused-ring (bicyclic) bond motifs is 1. The van der Waals surface area contributed by atoms with Crippen LogP contribution >= 0.6 is 0 Å². The predicted octanol–water partition coefficient (Wildman–Crippen LogP) is 3.92. The second-order valence-corrected chi connectivity index (χ2v) is 9.49. The quantitative estimate of drug-likeness (QED) is 0.742. The second-order valence-electron chi connectivity index (χ2n) is 9.49. The first-order valence-electron chi connectivity index (χ1n) is 10.8. The van der Waals surface area contributed by atoms with Crippen LogP contribution in [0.3, 0.4) is 0 Å². The van der Waals surface area contributed by atoms with Gasteiger partial charge in [0, 0.05) is 16.8 Å². The van der Waals surface area contributed by atoms with Crippen molar-refractivity contribution in [3.63, 3.8) is 0 Å². The van der Waals surface area contributed by atoms with Gasteiger partial charge in [-0.3, -0.25) is 19.3 Å². The van der Waals surface area contributed by atoms with E-state index < -0.39 is 11.1 Å². The van der Waals surface area contributed by atoms with E-state index >= 15 is 0 Å². The minimum absolute atomic E-state index is 0.196. The Morgan fingerprint density at radius 2 is 1.72 bits per heavy atom. The molecule has 0 atom stereocenters. The molecule has 1 heterocycles. The zero-order valence-corrected chi connectivity index (χ0v) is 19.5. The molecule has 2 aromatic carbocycles. The van der Waals surface area contributed by atoms with Gasteiger partial charge in [-0.2, -0.15) is 0 Å². The summed E-state index contributed by atoms with van der Waals surface area (Å²) in [7, 11) is 0. The highest BCUT2D eigenvalue weighted by atomic mass is 16.5. The summed E-state index contributed by atoms with van der Waals surface area (Å²) in [6.07, 6.45) is 0.910. The number of hydrogen-bond donors (Lipinski definition) is 2. The number of hydrogen-bond acceptors (Lipinski definition) is 4. The lowest BCUT2D eigenvalue weighted by atomic mass is 10.0. The van der Waals surface area contributed by atoms with Gasteiger partial charge >= 0.3 is 0 Å². The fraction of sp³-hybridized carbons (Fsp3) is 0.400. The molecule has 0 aromatic heterocycles. The Labute approximate surface area is 189 Å². The maximum absolute atomic E-state index is 13.1. The van der Waals surface area contributed by atoms with E-state index in [-0.39, 0.29) is 24.3 Å². The molecule has 0 unspecified atom stereocenters. The maximum atomic E-state index is 13.1. The van der Waals surface area contributed by atoms with Crippen LogP contribution in [0, 0.1) is 0 Å². The first-order valence-corrected chi connectivity index (χ1v) is 10.8. The Bertz CT molecular complexity index is 1040. The van der Waals surface area contributed by atoms with Crippen molar-refractivity contribution in [1.82, 2.24) is 5.32 Å². The highest BCUT2D eigenvalue weighted by Gasteiger charge is 2.42. The average molecular weight is 438 g/mol. The maximum Gasteiger partial charge on any atom is 0.271 e. The predicted molar refractivity (Wildman–Crippen MR) is 125 cm³/mol. The lowest BCUT2D eigenvalue weighted by molar-refractivity contribution is -0.133. The molecule has 2 aromatic rings. The van der Waals surface area contributed by atoms with Crippen molar-refractivity contribution in [1.29, 1.82) is 0 Å². The molecule has 0 radical (unpaired) electrons. The zero-order chi connectivity index (χ0) is 23.7. The third-order valence-corrected chi connectivity index (χ3v) is 5.07. The van der Waals surface area contributed by atoms with Gasteiger partial charge in [-0.25, -0.2) is 0 Å². The first-order chi connectivity index (χ1) is 14.9. The van der Waals surface area contributed by atoms with Crippen molar-refractivity contribution in [3.8, 4) is 5.75 Å². The van der Waals surface area contributed by atoms with Crippen LogP contribution in [0.5, 0.6) is 5.75 Å². The Balaban J connectivity index is 1.87. The largest absolute Gasteiger partial charge is 0.476 e. The number of ether oxygens (including phenoxy) is 1. The molecule has 7 heteroatoms. The van der Waals surface area contributed by atoms with E-state index in [0.717, 1.165) is 6.42 Å². The van der Waals surface area contributed by atoms with Gasteiger partial charge in [-0.1, -0.05) is 19.1 Å². The summed E-state index contributed by atoms with van der Waals surface area (Å²) in [5.74, 6) is -0.509. The number of benzene rings is 2. The molecule has 3 amide bonds. The van der Waals surface area contributed by atoms with Crippen molar-refractivity contribution in [2.45, 2.75) is 59.1 Å². The van der Waals surface area contributed by atoms with Gasteiger partial charge < -0.3 is 15.4 Å². The van der Waals surface area contributed by atoms with Crippen LogP contribution in [0.2, 0.25) is 0 Å². The number of nitrogens with zero attached hydrogens (tertiary/aromatic N) is 1. The Morgan fingerprint density at radius 1 is 1.06 bits per heavy atom. The fourth-order valence-electron chi connectivity index (χ4n) is 3.45. The molecule has 0 spiro atoms. The number of amides is 3. The minimum Gasteiger partial charge on any atom is -0.476 e. The van der Waals surface area contributed by atoms with E-state index in [0.29, 0.717) is 22.7 Å². The molecular weight excluding hydrogens is 406 g/mol. The van der Waals surface area contributed by atoms with Gasteiger partial charge in [0.05, 0.1) is 5.69 Å². The van der Waals surface area contributed by atoms with Crippen LogP contribution in [0.1, 0.15) is 57.5 Å². The number of carbonyl (C=O) groups is 3. The molecule has 170 valence electrons. The lowest BCUT2D eigenvalue weighted by Gasteiger charge is -2.38. The molecular formula is C25H31N3O4. The van der Waals surface area contributed by atoms with E-state index in [1.54, 1.807) is 32.0 Å². The van der Waals surface area contributed by atoms with Crippen LogP contribution in [0.4, 0.5) is 11.4 Å². The van der Waals surface area contributed by atoms with E-state index in [4.69, 9.17) is 4.74 Å². The summed E-state index contributed by atoms with van der Waals surface area (Å²) in [6.45, 7) is 10.9. The fourth-order valence-corrected chi connectivity index (χ4v) is 3.45. The highest BCUT2D eigenvalue weighted by Crippen LogP contribution is 2.38. The summed E-state index contributed by atoms with van der Waals surface area (Å²) >= 11 is 0.